The van der Waals surface area contributed by atoms with Gasteiger partial charge in [-0.05, 0) is 38.9 Å². The summed E-state index contributed by atoms with van der Waals surface area (Å²) in [7, 11) is 5.62. The highest BCUT2D eigenvalue weighted by Gasteiger charge is 2.08. The van der Waals surface area contributed by atoms with Crippen molar-refractivity contribution >= 4 is 29.9 Å². The van der Waals surface area contributed by atoms with Gasteiger partial charge in [0.05, 0.1) is 6.61 Å². The SMILES string of the molecule is CCC(C)N(C)CCNC(=NC)NCc1ccc(C)cc1OCCOC.I. The molecule has 1 aromatic rings. The van der Waals surface area contributed by atoms with Gasteiger partial charge in [-0.2, -0.15) is 0 Å². The van der Waals surface area contributed by atoms with Gasteiger partial charge in [0.1, 0.15) is 12.4 Å². The molecular formula is C20H37IN4O2. The number of methoxy groups -OCH3 is 1. The zero-order valence-electron chi connectivity index (χ0n) is 17.7. The molecular weight excluding hydrogens is 455 g/mol. The van der Waals surface area contributed by atoms with E-state index in [2.05, 4.69) is 66.5 Å². The third-order valence-electron chi connectivity index (χ3n) is 4.54. The molecule has 0 aromatic heterocycles. The number of hydrogen-bond acceptors (Lipinski definition) is 4. The number of hydrogen-bond donors (Lipinski definition) is 2. The lowest BCUT2D eigenvalue weighted by molar-refractivity contribution is 0.145. The fraction of sp³-hybridized carbons (Fsp3) is 0.650. The third-order valence-corrected chi connectivity index (χ3v) is 4.54. The maximum absolute atomic E-state index is 5.84. The summed E-state index contributed by atoms with van der Waals surface area (Å²) < 4.78 is 10.9. The van der Waals surface area contributed by atoms with E-state index in [0.717, 1.165) is 36.8 Å². The Labute approximate surface area is 182 Å². The largest absolute Gasteiger partial charge is 0.491 e. The van der Waals surface area contributed by atoms with Crippen LogP contribution in [0.1, 0.15) is 31.4 Å². The zero-order valence-corrected chi connectivity index (χ0v) is 20.0. The molecule has 156 valence electrons. The highest BCUT2D eigenvalue weighted by atomic mass is 127. The molecule has 0 bridgehead atoms. The molecule has 0 saturated carbocycles. The number of rotatable bonds is 11. The fourth-order valence-electron chi connectivity index (χ4n) is 2.46. The van der Waals surface area contributed by atoms with E-state index < -0.39 is 0 Å². The van der Waals surface area contributed by atoms with Crippen molar-refractivity contribution < 1.29 is 9.47 Å². The lowest BCUT2D eigenvalue weighted by Crippen LogP contribution is -2.42. The van der Waals surface area contributed by atoms with Crippen LogP contribution in [0.2, 0.25) is 0 Å². The molecule has 1 aromatic carbocycles. The van der Waals surface area contributed by atoms with E-state index in [-0.39, 0.29) is 24.0 Å². The van der Waals surface area contributed by atoms with Gasteiger partial charge in [-0.1, -0.05) is 19.1 Å². The molecule has 0 fully saturated rings. The van der Waals surface area contributed by atoms with Gasteiger partial charge in [0.2, 0.25) is 0 Å². The molecule has 2 N–H and O–H groups in total. The van der Waals surface area contributed by atoms with E-state index in [0.29, 0.717) is 25.8 Å². The molecule has 7 heteroatoms. The van der Waals surface area contributed by atoms with Gasteiger partial charge in [-0.25, -0.2) is 0 Å². The topological polar surface area (TPSA) is 58.1 Å². The molecule has 0 aliphatic carbocycles. The predicted molar refractivity (Wildman–Crippen MR) is 125 cm³/mol. The van der Waals surface area contributed by atoms with Crippen molar-refractivity contribution in [3.8, 4) is 5.75 Å². The fourth-order valence-corrected chi connectivity index (χ4v) is 2.46. The average Bonchev–Trinajstić information content (AvgIpc) is 2.64. The number of benzene rings is 1. The molecule has 0 saturated heterocycles. The van der Waals surface area contributed by atoms with Gasteiger partial charge in [0.25, 0.3) is 0 Å². The van der Waals surface area contributed by atoms with Crippen LogP contribution in [0.5, 0.6) is 5.75 Å². The van der Waals surface area contributed by atoms with Gasteiger partial charge in [0, 0.05) is 45.4 Å². The van der Waals surface area contributed by atoms with Crippen LogP contribution in [0.3, 0.4) is 0 Å². The average molecular weight is 492 g/mol. The molecule has 0 amide bonds. The summed E-state index contributed by atoms with van der Waals surface area (Å²) in [6.45, 7) is 10.1. The number of halogens is 1. The molecule has 1 rings (SSSR count). The Balaban J connectivity index is 0.00000676. The van der Waals surface area contributed by atoms with Gasteiger partial charge >= 0.3 is 0 Å². The number of aryl methyl sites for hydroxylation is 1. The lowest BCUT2D eigenvalue weighted by atomic mass is 10.1. The van der Waals surface area contributed by atoms with Crippen molar-refractivity contribution in [3.05, 3.63) is 29.3 Å². The number of nitrogens with zero attached hydrogens (tertiary/aromatic N) is 2. The second kappa shape index (κ2) is 14.9. The van der Waals surface area contributed by atoms with Crippen molar-refractivity contribution in [2.75, 3.05) is 47.5 Å². The zero-order chi connectivity index (χ0) is 19.4. The van der Waals surface area contributed by atoms with Crippen molar-refractivity contribution in [3.63, 3.8) is 0 Å². The summed E-state index contributed by atoms with van der Waals surface area (Å²) in [5.41, 5.74) is 2.28. The van der Waals surface area contributed by atoms with Gasteiger partial charge in [-0.3, -0.25) is 4.99 Å². The standard InChI is InChI=1S/C20H36N4O2.HI/c1-7-17(3)24(5)11-10-22-20(21-4)23-15-18-9-8-16(2)14-19(18)26-13-12-25-6;/h8-9,14,17H,7,10-13,15H2,1-6H3,(H2,21,22,23);1H. The monoisotopic (exact) mass is 492 g/mol. The summed E-state index contributed by atoms with van der Waals surface area (Å²) in [4.78, 5) is 6.65. The summed E-state index contributed by atoms with van der Waals surface area (Å²) >= 11 is 0. The Hall–Kier alpha value is -1.06. The Bertz CT molecular complexity index is 555. The first kappa shape index (κ1) is 25.9. The number of guanidine groups is 1. The van der Waals surface area contributed by atoms with Crippen LogP contribution in [0, 0.1) is 6.92 Å². The van der Waals surface area contributed by atoms with E-state index in [1.165, 1.54) is 5.56 Å². The summed E-state index contributed by atoms with van der Waals surface area (Å²) in [6.07, 6.45) is 1.16. The molecule has 0 aliphatic rings. The van der Waals surface area contributed by atoms with Crippen molar-refractivity contribution in [1.82, 2.24) is 15.5 Å². The van der Waals surface area contributed by atoms with E-state index in [4.69, 9.17) is 9.47 Å². The summed E-state index contributed by atoms with van der Waals surface area (Å²) in [6, 6.07) is 6.83. The quantitative estimate of drug-likeness (QED) is 0.215. The van der Waals surface area contributed by atoms with Gasteiger partial charge in [-0.15, -0.1) is 24.0 Å². The number of ether oxygens (including phenoxy) is 2. The Morgan fingerprint density at radius 3 is 2.63 bits per heavy atom. The number of likely N-dealkylation sites (N-methyl/N-ethyl adjacent to an activating group) is 1. The Morgan fingerprint density at radius 1 is 1.26 bits per heavy atom. The van der Waals surface area contributed by atoms with Crippen LogP contribution in [0.25, 0.3) is 0 Å². The summed E-state index contributed by atoms with van der Waals surface area (Å²) in [5.74, 6) is 1.69. The Kier molecular flexibility index (Phi) is 14.3. The minimum Gasteiger partial charge on any atom is -0.491 e. The first-order valence-corrected chi connectivity index (χ1v) is 9.37. The second-order valence-corrected chi connectivity index (χ2v) is 6.54. The highest BCUT2D eigenvalue weighted by molar-refractivity contribution is 14.0. The molecule has 27 heavy (non-hydrogen) atoms. The van der Waals surface area contributed by atoms with Gasteiger partial charge < -0.3 is 25.0 Å². The first-order valence-electron chi connectivity index (χ1n) is 9.37. The van der Waals surface area contributed by atoms with E-state index in [1.807, 2.05) is 0 Å². The summed E-state index contributed by atoms with van der Waals surface area (Å²) in [5, 5.41) is 6.73. The molecule has 1 atom stereocenters. The van der Waals surface area contributed by atoms with Gasteiger partial charge in [0.15, 0.2) is 5.96 Å². The first-order chi connectivity index (χ1) is 12.5. The smallest absolute Gasteiger partial charge is 0.191 e. The van der Waals surface area contributed by atoms with E-state index >= 15 is 0 Å². The van der Waals surface area contributed by atoms with Crippen molar-refractivity contribution in [1.29, 1.82) is 0 Å². The number of aliphatic imine (C=N–C) groups is 1. The number of nitrogens with one attached hydrogen (secondary N) is 2. The second-order valence-electron chi connectivity index (χ2n) is 6.54. The predicted octanol–water partition coefficient (Wildman–Crippen LogP) is 3.03. The molecule has 1 unspecified atom stereocenters. The molecule has 0 aliphatic heterocycles. The normalized spacial score (nSPS) is 12.5. The van der Waals surface area contributed by atoms with E-state index in [9.17, 15) is 0 Å². The lowest BCUT2D eigenvalue weighted by Gasteiger charge is -2.24. The molecule has 0 heterocycles. The van der Waals surface area contributed by atoms with Crippen LogP contribution in [0.15, 0.2) is 23.2 Å². The minimum absolute atomic E-state index is 0. The van der Waals surface area contributed by atoms with Crippen molar-refractivity contribution in [2.24, 2.45) is 4.99 Å². The Morgan fingerprint density at radius 2 is 2.00 bits per heavy atom. The molecule has 0 spiro atoms. The van der Waals surface area contributed by atoms with Crippen LogP contribution in [-0.2, 0) is 11.3 Å². The third kappa shape index (κ3) is 10.2. The van der Waals surface area contributed by atoms with Crippen LogP contribution >= 0.6 is 24.0 Å². The minimum atomic E-state index is 0. The molecule has 0 radical (unpaired) electrons. The van der Waals surface area contributed by atoms with Crippen LogP contribution < -0.4 is 15.4 Å². The van der Waals surface area contributed by atoms with Crippen LogP contribution in [0.4, 0.5) is 0 Å². The van der Waals surface area contributed by atoms with Crippen LogP contribution in [-0.4, -0.2) is 64.4 Å². The van der Waals surface area contributed by atoms with Crippen molar-refractivity contribution in [2.45, 2.75) is 39.8 Å². The maximum Gasteiger partial charge on any atom is 0.191 e. The maximum atomic E-state index is 5.84. The molecule has 6 nitrogen and oxygen atoms in total. The van der Waals surface area contributed by atoms with E-state index in [1.54, 1.807) is 14.2 Å². The highest BCUT2D eigenvalue weighted by Crippen LogP contribution is 2.20.